The van der Waals surface area contributed by atoms with Gasteiger partial charge in [-0.05, 0) is 22.8 Å². The third-order valence-corrected chi connectivity index (χ3v) is 4.50. The summed E-state index contributed by atoms with van der Waals surface area (Å²) < 4.78 is 11.7. The molecule has 2 unspecified atom stereocenters. The van der Waals surface area contributed by atoms with Crippen LogP contribution in [0, 0.1) is 12.3 Å². The Kier molecular flexibility index (Phi) is 6.85. The molecule has 0 saturated carbocycles. The molecule has 0 aliphatic carbocycles. The Morgan fingerprint density at radius 2 is 1.89 bits per heavy atom. The lowest BCUT2D eigenvalue weighted by Crippen LogP contribution is -2.33. The van der Waals surface area contributed by atoms with E-state index in [-0.39, 0.29) is 30.7 Å². The van der Waals surface area contributed by atoms with Gasteiger partial charge in [0.2, 0.25) is 6.29 Å². The van der Waals surface area contributed by atoms with E-state index in [0.29, 0.717) is 13.0 Å². The molecule has 2 atom stereocenters. The van der Waals surface area contributed by atoms with Crippen LogP contribution < -0.4 is 5.32 Å². The van der Waals surface area contributed by atoms with Gasteiger partial charge in [0.25, 0.3) is 5.91 Å². The summed E-state index contributed by atoms with van der Waals surface area (Å²) in [5.41, 5.74) is 2.90. The highest BCUT2D eigenvalue weighted by molar-refractivity contribution is 5.91. The third kappa shape index (κ3) is 5.23. The number of aliphatic hydroxyl groups excluding tert-OH is 1. The van der Waals surface area contributed by atoms with Crippen LogP contribution in [0.2, 0.25) is 0 Å². The van der Waals surface area contributed by atoms with Crippen molar-refractivity contribution in [2.75, 3.05) is 6.54 Å². The average Bonchev–Trinajstić information content (AvgIpc) is 2.76. The molecule has 144 valence electrons. The second-order valence-corrected chi connectivity index (χ2v) is 6.50. The summed E-state index contributed by atoms with van der Waals surface area (Å²) in [5.74, 6) is 2.26. The van der Waals surface area contributed by atoms with E-state index in [1.165, 1.54) is 0 Å². The van der Waals surface area contributed by atoms with E-state index in [9.17, 15) is 4.79 Å². The molecule has 0 radical (unpaired) electrons. The molecular formula is C23H23NO4. The minimum atomic E-state index is -0.556. The highest BCUT2D eigenvalue weighted by Gasteiger charge is 2.28. The zero-order valence-electron chi connectivity index (χ0n) is 15.5. The summed E-state index contributed by atoms with van der Waals surface area (Å²) in [6.07, 6.45) is 7.08. The summed E-state index contributed by atoms with van der Waals surface area (Å²) in [6, 6.07) is 17.4. The molecule has 0 saturated heterocycles. The summed E-state index contributed by atoms with van der Waals surface area (Å²) in [6.45, 7) is 0.488. The van der Waals surface area contributed by atoms with Gasteiger partial charge in [-0.3, -0.25) is 4.79 Å². The van der Waals surface area contributed by atoms with Crippen molar-refractivity contribution in [3.8, 4) is 12.3 Å². The summed E-state index contributed by atoms with van der Waals surface area (Å²) in [5, 5.41) is 11.8. The molecule has 0 spiro atoms. The van der Waals surface area contributed by atoms with Crippen LogP contribution in [0.4, 0.5) is 0 Å². The van der Waals surface area contributed by atoms with E-state index in [0.717, 1.165) is 16.7 Å². The first-order valence-corrected chi connectivity index (χ1v) is 9.15. The molecule has 2 N–H and O–H groups in total. The Morgan fingerprint density at radius 1 is 1.18 bits per heavy atom. The van der Waals surface area contributed by atoms with Crippen molar-refractivity contribution < 1.29 is 19.4 Å². The van der Waals surface area contributed by atoms with Crippen LogP contribution in [0.25, 0.3) is 0 Å². The first kappa shape index (κ1) is 19.7. The Bertz CT molecular complexity index is 852. The van der Waals surface area contributed by atoms with Crippen molar-refractivity contribution in [3.63, 3.8) is 0 Å². The lowest BCUT2D eigenvalue weighted by Gasteiger charge is -2.29. The molecule has 3 rings (SSSR count). The van der Waals surface area contributed by atoms with Crippen molar-refractivity contribution in [1.29, 1.82) is 0 Å². The van der Waals surface area contributed by atoms with Gasteiger partial charge in [0.05, 0.1) is 19.8 Å². The van der Waals surface area contributed by atoms with Crippen molar-refractivity contribution in [2.45, 2.75) is 31.8 Å². The fourth-order valence-electron chi connectivity index (χ4n) is 3.00. The van der Waals surface area contributed by atoms with Crippen LogP contribution in [0.1, 0.15) is 29.0 Å². The lowest BCUT2D eigenvalue weighted by atomic mass is 9.93. The minimum absolute atomic E-state index is 0.00306. The molecule has 1 amide bonds. The number of nitrogens with one attached hydrogen (secondary N) is 1. The number of carbonyl (C=O) groups excluding carboxylic acids is 1. The minimum Gasteiger partial charge on any atom is -0.459 e. The molecule has 1 aliphatic rings. The number of terminal acetylenes is 1. The van der Waals surface area contributed by atoms with Gasteiger partial charge in [0.15, 0.2) is 5.76 Å². The molecule has 0 aromatic heterocycles. The highest BCUT2D eigenvalue weighted by atomic mass is 16.7. The normalized spacial score (nSPS) is 18.5. The molecule has 2 aromatic rings. The number of hydrogen-bond acceptors (Lipinski definition) is 4. The molecule has 5 heteroatoms. The van der Waals surface area contributed by atoms with Gasteiger partial charge < -0.3 is 19.9 Å². The fourth-order valence-corrected chi connectivity index (χ4v) is 3.00. The molecule has 1 heterocycles. The standard InChI is InChI=1S/C23H23NO4/c1-2-12-24-23(26)21-13-20(19-6-4-3-5-7-19)14-22(28-21)27-16-18-10-8-17(15-25)9-11-18/h1,3-11,13,20,22,25H,12,14-16H2,(H,24,26). The highest BCUT2D eigenvalue weighted by Crippen LogP contribution is 2.31. The lowest BCUT2D eigenvalue weighted by molar-refractivity contribution is -0.150. The van der Waals surface area contributed by atoms with Gasteiger partial charge in [-0.1, -0.05) is 60.5 Å². The third-order valence-electron chi connectivity index (χ3n) is 4.50. The van der Waals surface area contributed by atoms with E-state index >= 15 is 0 Å². The van der Waals surface area contributed by atoms with E-state index in [1.807, 2.05) is 60.7 Å². The van der Waals surface area contributed by atoms with E-state index in [1.54, 1.807) is 0 Å². The van der Waals surface area contributed by atoms with Crippen LogP contribution in [0.15, 0.2) is 66.4 Å². The monoisotopic (exact) mass is 377 g/mol. The van der Waals surface area contributed by atoms with Gasteiger partial charge in [-0.25, -0.2) is 0 Å². The quantitative estimate of drug-likeness (QED) is 0.728. The summed E-state index contributed by atoms with van der Waals surface area (Å²) in [4.78, 5) is 12.3. The number of ether oxygens (including phenoxy) is 2. The average molecular weight is 377 g/mol. The second-order valence-electron chi connectivity index (χ2n) is 6.50. The van der Waals surface area contributed by atoms with Gasteiger partial charge in [0, 0.05) is 12.3 Å². The Balaban J connectivity index is 1.71. The number of benzene rings is 2. The SMILES string of the molecule is C#CCNC(=O)C1=CC(c2ccccc2)CC(OCc2ccc(CO)cc2)O1. The van der Waals surface area contributed by atoms with Gasteiger partial charge in [0.1, 0.15) is 0 Å². The predicted octanol–water partition coefficient (Wildman–Crippen LogP) is 2.86. The Morgan fingerprint density at radius 3 is 2.57 bits per heavy atom. The van der Waals surface area contributed by atoms with Crippen molar-refractivity contribution >= 4 is 5.91 Å². The van der Waals surface area contributed by atoms with Crippen molar-refractivity contribution in [2.24, 2.45) is 0 Å². The number of carbonyl (C=O) groups is 1. The predicted molar refractivity (Wildman–Crippen MR) is 106 cm³/mol. The topological polar surface area (TPSA) is 67.8 Å². The van der Waals surface area contributed by atoms with Crippen LogP contribution in [-0.2, 0) is 27.5 Å². The van der Waals surface area contributed by atoms with Crippen LogP contribution in [0.5, 0.6) is 0 Å². The number of amides is 1. The molecule has 2 aromatic carbocycles. The maximum atomic E-state index is 12.3. The Hall–Kier alpha value is -3.07. The van der Waals surface area contributed by atoms with E-state index in [2.05, 4.69) is 11.2 Å². The Labute approximate surface area is 165 Å². The first-order valence-electron chi connectivity index (χ1n) is 9.15. The molecular weight excluding hydrogens is 354 g/mol. The number of aliphatic hydroxyl groups is 1. The van der Waals surface area contributed by atoms with Crippen molar-refractivity contribution in [3.05, 3.63) is 83.1 Å². The zero-order chi connectivity index (χ0) is 19.8. The maximum Gasteiger partial charge on any atom is 0.286 e. The zero-order valence-corrected chi connectivity index (χ0v) is 15.5. The van der Waals surface area contributed by atoms with Crippen LogP contribution in [-0.4, -0.2) is 23.8 Å². The summed E-state index contributed by atoms with van der Waals surface area (Å²) >= 11 is 0. The van der Waals surface area contributed by atoms with Crippen LogP contribution in [0.3, 0.4) is 0 Å². The molecule has 5 nitrogen and oxygen atoms in total. The van der Waals surface area contributed by atoms with Crippen LogP contribution >= 0.6 is 0 Å². The number of hydrogen-bond donors (Lipinski definition) is 2. The smallest absolute Gasteiger partial charge is 0.286 e. The fraction of sp³-hybridized carbons (Fsp3) is 0.261. The largest absolute Gasteiger partial charge is 0.459 e. The van der Waals surface area contributed by atoms with Crippen molar-refractivity contribution in [1.82, 2.24) is 5.32 Å². The number of rotatable bonds is 7. The maximum absolute atomic E-state index is 12.3. The number of allylic oxidation sites excluding steroid dienone is 1. The molecule has 0 fully saturated rings. The summed E-state index contributed by atoms with van der Waals surface area (Å²) in [7, 11) is 0. The van der Waals surface area contributed by atoms with Gasteiger partial charge in [-0.15, -0.1) is 6.42 Å². The van der Waals surface area contributed by atoms with Gasteiger partial charge >= 0.3 is 0 Å². The van der Waals surface area contributed by atoms with E-state index < -0.39 is 6.29 Å². The van der Waals surface area contributed by atoms with E-state index in [4.69, 9.17) is 21.0 Å². The molecule has 1 aliphatic heterocycles. The first-order chi connectivity index (χ1) is 13.7. The molecule has 0 bridgehead atoms. The molecule has 28 heavy (non-hydrogen) atoms. The second kappa shape index (κ2) is 9.75. The van der Waals surface area contributed by atoms with Gasteiger partial charge in [-0.2, -0.15) is 0 Å².